The van der Waals surface area contributed by atoms with Gasteiger partial charge in [0.1, 0.15) is 5.76 Å². The number of carboxylic acids is 1. The first-order chi connectivity index (χ1) is 15.8. The van der Waals surface area contributed by atoms with Crippen LogP contribution >= 0.6 is 11.6 Å². The smallest absolute Gasteiger partial charge is 0.307 e. The van der Waals surface area contributed by atoms with Crippen molar-refractivity contribution in [3.8, 4) is 0 Å². The van der Waals surface area contributed by atoms with Crippen LogP contribution in [0.15, 0.2) is 78.4 Å². The topological polar surface area (TPSA) is 94.9 Å². The minimum absolute atomic E-state index is 0.0617. The van der Waals surface area contributed by atoms with Crippen molar-refractivity contribution in [2.24, 2.45) is 0 Å². The highest BCUT2D eigenvalue weighted by molar-refractivity contribution is 6.52. The third-order valence-corrected chi connectivity index (χ3v) is 5.83. The number of ketones is 1. The number of aryl methyl sites for hydroxylation is 1. The number of amides is 1. The Morgan fingerprint density at radius 2 is 1.67 bits per heavy atom. The van der Waals surface area contributed by atoms with Crippen LogP contribution in [-0.2, 0) is 20.8 Å². The number of hydrogen-bond acceptors (Lipinski definition) is 4. The summed E-state index contributed by atoms with van der Waals surface area (Å²) in [6.07, 6.45) is -0.160. The number of Topliss-reactive ketones (excluding diaryl/α,β-unsaturated/α-hetero) is 1. The summed E-state index contributed by atoms with van der Waals surface area (Å²) >= 11 is 6.26. The fourth-order valence-corrected chi connectivity index (χ4v) is 4.23. The zero-order chi connectivity index (χ0) is 23.7. The van der Waals surface area contributed by atoms with Gasteiger partial charge >= 0.3 is 5.97 Å². The fourth-order valence-electron chi connectivity index (χ4n) is 4.00. The number of aliphatic carboxylic acids is 1. The maximum Gasteiger partial charge on any atom is 0.307 e. The number of rotatable bonds is 5. The lowest BCUT2D eigenvalue weighted by atomic mass is 9.94. The Morgan fingerprint density at radius 1 is 0.970 bits per heavy atom. The minimum atomic E-state index is -0.970. The van der Waals surface area contributed by atoms with Crippen molar-refractivity contribution in [3.05, 3.63) is 106 Å². The molecule has 1 aliphatic rings. The molecule has 1 heterocycles. The summed E-state index contributed by atoms with van der Waals surface area (Å²) in [5, 5.41) is 20.4. The van der Waals surface area contributed by atoms with E-state index in [-0.39, 0.29) is 28.3 Å². The summed E-state index contributed by atoms with van der Waals surface area (Å²) in [6.45, 7) is 1.89. The van der Waals surface area contributed by atoms with Crippen LogP contribution in [0.3, 0.4) is 0 Å². The van der Waals surface area contributed by atoms with Gasteiger partial charge in [0.05, 0.1) is 23.1 Å². The molecule has 6 nitrogen and oxygen atoms in total. The van der Waals surface area contributed by atoms with Gasteiger partial charge in [-0.3, -0.25) is 19.3 Å². The third-order valence-electron chi connectivity index (χ3n) is 5.50. The third kappa shape index (κ3) is 4.25. The van der Waals surface area contributed by atoms with Gasteiger partial charge < -0.3 is 10.2 Å². The average molecular weight is 462 g/mol. The number of anilines is 1. The van der Waals surface area contributed by atoms with Gasteiger partial charge in [-0.15, -0.1) is 0 Å². The Morgan fingerprint density at radius 3 is 2.30 bits per heavy atom. The number of aliphatic hydroxyl groups is 1. The van der Waals surface area contributed by atoms with Crippen molar-refractivity contribution in [1.29, 1.82) is 0 Å². The number of carbonyl (C=O) groups excluding carboxylic acids is 2. The van der Waals surface area contributed by atoms with Gasteiger partial charge in [0.15, 0.2) is 0 Å². The predicted molar refractivity (Wildman–Crippen MR) is 125 cm³/mol. The molecule has 3 aromatic carbocycles. The molecule has 0 aliphatic carbocycles. The van der Waals surface area contributed by atoms with E-state index >= 15 is 0 Å². The molecule has 1 unspecified atom stereocenters. The minimum Gasteiger partial charge on any atom is -0.507 e. The van der Waals surface area contributed by atoms with Gasteiger partial charge in [0, 0.05) is 11.3 Å². The molecule has 0 spiro atoms. The average Bonchev–Trinajstić information content (AvgIpc) is 3.04. The van der Waals surface area contributed by atoms with Gasteiger partial charge in [-0.25, -0.2) is 0 Å². The SMILES string of the molecule is Cc1cccc(C2/C(=C(\O)c3ccccc3Cl)C(=O)C(=O)N2c2ccc(CC(=O)O)cc2)c1. The Bertz CT molecular complexity index is 1300. The second kappa shape index (κ2) is 8.92. The van der Waals surface area contributed by atoms with E-state index in [0.29, 0.717) is 16.8 Å². The second-order valence-electron chi connectivity index (χ2n) is 7.80. The van der Waals surface area contributed by atoms with E-state index in [9.17, 15) is 19.5 Å². The van der Waals surface area contributed by atoms with Crippen molar-refractivity contribution in [3.63, 3.8) is 0 Å². The molecule has 0 bridgehead atoms. The van der Waals surface area contributed by atoms with E-state index in [1.54, 1.807) is 54.6 Å². The number of carbonyl (C=O) groups is 3. The summed E-state index contributed by atoms with van der Waals surface area (Å²) in [5.41, 5.74) is 2.74. The molecule has 1 fully saturated rings. The van der Waals surface area contributed by atoms with Crippen LogP contribution in [0, 0.1) is 6.92 Å². The number of aliphatic hydroxyl groups excluding tert-OH is 1. The van der Waals surface area contributed by atoms with E-state index in [4.69, 9.17) is 16.7 Å². The van der Waals surface area contributed by atoms with Crippen LogP contribution in [0.2, 0.25) is 5.02 Å². The number of nitrogens with zero attached hydrogens (tertiary/aromatic N) is 1. The highest BCUT2D eigenvalue weighted by Crippen LogP contribution is 2.43. The summed E-state index contributed by atoms with van der Waals surface area (Å²) < 4.78 is 0. The van der Waals surface area contributed by atoms with Crippen LogP contribution < -0.4 is 4.90 Å². The molecule has 166 valence electrons. The molecular formula is C26H20ClNO5. The molecule has 33 heavy (non-hydrogen) atoms. The van der Waals surface area contributed by atoms with E-state index < -0.39 is 23.7 Å². The normalized spacial score (nSPS) is 17.4. The predicted octanol–water partition coefficient (Wildman–Crippen LogP) is 4.90. The lowest BCUT2D eigenvalue weighted by Crippen LogP contribution is -2.29. The van der Waals surface area contributed by atoms with E-state index in [1.807, 2.05) is 25.1 Å². The Balaban J connectivity index is 1.90. The summed E-state index contributed by atoms with van der Waals surface area (Å²) in [7, 11) is 0. The molecule has 2 N–H and O–H groups in total. The molecule has 0 aromatic heterocycles. The molecule has 1 aliphatic heterocycles. The van der Waals surface area contributed by atoms with E-state index in [2.05, 4.69) is 0 Å². The first-order valence-corrected chi connectivity index (χ1v) is 10.6. The molecular weight excluding hydrogens is 442 g/mol. The molecule has 1 amide bonds. The Labute approximate surface area is 195 Å². The monoisotopic (exact) mass is 461 g/mol. The largest absolute Gasteiger partial charge is 0.507 e. The van der Waals surface area contributed by atoms with Crippen molar-refractivity contribution in [2.45, 2.75) is 19.4 Å². The van der Waals surface area contributed by atoms with Crippen molar-refractivity contribution < 1.29 is 24.6 Å². The molecule has 3 aromatic rings. The van der Waals surface area contributed by atoms with E-state index in [0.717, 1.165) is 5.56 Å². The summed E-state index contributed by atoms with van der Waals surface area (Å²) in [5.74, 6) is -2.94. The first-order valence-electron chi connectivity index (χ1n) is 10.2. The Kier molecular flexibility index (Phi) is 6.03. The summed E-state index contributed by atoms with van der Waals surface area (Å²) in [4.78, 5) is 38.7. The van der Waals surface area contributed by atoms with Gasteiger partial charge in [-0.2, -0.15) is 0 Å². The Hall–Kier alpha value is -3.90. The maximum absolute atomic E-state index is 13.2. The molecule has 1 saturated heterocycles. The first kappa shape index (κ1) is 22.3. The quantitative estimate of drug-likeness (QED) is 0.320. The molecule has 7 heteroatoms. The second-order valence-corrected chi connectivity index (χ2v) is 8.21. The molecule has 4 rings (SSSR count). The fraction of sp³-hybridized carbons (Fsp3) is 0.115. The number of benzene rings is 3. The molecule has 0 radical (unpaired) electrons. The van der Waals surface area contributed by atoms with Crippen LogP contribution in [0.25, 0.3) is 5.76 Å². The summed E-state index contributed by atoms with van der Waals surface area (Å²) in [6, 6.07) is 19.4. The van der Waals surface area contributed by atoms with Crippen molar-refractivity contribution >= 4 is 40.7 Å². The lowest BCUT2D eigenvalue weighted by Gasteiger charge is -2.26. The zero-order valence-corrected chi connectivity index (χ0v) is 18.4. The van der Waals surface area contributed by atoms with Gasteiger partial charge in [-0.05, 0) is 42.3 Å². The number of halogens is 1. The highest BCUT2D eigenvalue weighted by Gasteiger charge is 2.47. The van der Waals surface area contributed by atoms with Crippen LogP contribution in [0.5, 0.6) is 0 Å². The van der Waals surface area contributed by atoms with Gasteiger partial charge in [0.25, 0.3) is 11.7 Å². The van der Waals surface area contributed by atoms with Crippen LogP contribution in [0.1, 0.15) is 28.3 Å². The van der Waals surface area contributed by atoms with Crippen molar-refractivity contribution in [1.82, 2.24) is 0 Å². The maximum atomic E-state index is 13.2. The molecule has 1 atom stereocenters. The number of hydrogen-bond donors (Lipinski definition) is 2. The zero-order valence-electron chi connectivity index (χ0n) is 17.7. The molecule has 0 saturated carbocycles. The van der Waals surface area contributed by atoms with Crippen LogP contribution in [-0.4, -0.2) is 27.9 Å². The van der Waals surface area contributed by atoms with E-state index in [1.165, 1.54) is 4.90 Å². The lowest BCUT2D eigenvalue weighted by molar-refractivity contribution is -0.136. The van der Waals surface area contributed by atoms with Gasteiger partial charge in [0.2, 0.25) is 0 Å². The number of carboxylic acid groups (broad SMARTS) is 1. The van der Waals surface area contributed by atoms with Crippen LogP contribution in [0.4, 0.5) is 5.69 Å². The standard InChI is InChI=1S/C26H20ClNO5/c1-15-5-4-6-17(13-15)23-22(24(31)19-7-2-3-8-20(19)27)25(32)26(33)28(23)18-11-9-16(10-12-18)14-21(29)30/h2-13,23,31H,14H2,1H3,(H,29,30)/b24-22+. The highest BCUT2D eigenvalue weighted by atomic mass is 35.5. The van der Waals surface area contributed by atoms with Gasteiger partial charge in [-0.1, -0.05) is 65.7 Å². The van der Waals surface area contributed by atoms with Crippen molar-refractivity contribution in [2.75, 3.05) is 4.90 Å².